The third kappa shape index (κ3) is 3.27. The molecule has 0 aliphatic rings. The van der Waals surface area contributed by atoms with Crippen LogP contribution >= 0.6 is 0 Å². The molecule has 0 amide bonds. The zero-order valence-corrected chi connectivity index (χ0v) is 9.54. The lowest BCUT2D eigenvalue weighted by atomic mass is 10.3. The van der Waals surface area contributed by atoms with Crippen molar-refractivity contribution in [2.75, 3.05) is 22.9 Å². The van der Waals surface area contributed by atoms with E-state index in [4.69, 9.17) is 5.73 Å². The van der Waals surface area contributed by atoms with E-state index in [9.17, 15) is 0 Å². The fourth-order valence-electron chi connectivity index (χ4n) is 1.17. The second-order valence-electron chi connectivity index (χ2n) is 3.71. The standard InChI is InChI=1S/C10H19N5/c1-4-5-12-9-8(11)10(14-6-13-9)15-7(2)3/h6-7H,4-5,11H2,1-3H3,(H2,12,13,14,15). The second kappa shape index (κ2) is 5.38. The maximum absolute atomic E-state index is 5.92. The molecule has 0 bridgehead atoms. The molecule has 0 aliphatic heterocycles. The van der Waals surface area contributed by atoms with Crippen molar-refractivity contribution in [3.8, 4) is 0 Å². The molecule has 84 valence electrons. The Morgan fingerprint density at radius 1 is 1.33 bits per heavy atom. The number of nitrogens with one attached hydrogen (secondary N) is 2. The van der Waals surface area contributed by atoms with E-state index in [0.29, 0.717) is 23.4 Å². The van der Waals surface area contributed by atoms with Gasteiger partial charge in [0.15, 0.2) is 11.6 Å². The Balaban J connectivity index is 2.80. The Morgan fingerprint density at radius 3 is 2.60 bits per heavy atom. The van der Waals surface area contributed by atoms with Crippen LogP contribution in [-0.4, -0.2) is 22.6 Å². The van der Waals surface area contributed by atoms with E-state index in [-0.39, 0.29) is 0 Å². The summed E-state index contributed by atoms with van der Waals surface area (Å²) in [6.07, 6.45) is 2.55. The van der Waals surface area contributed by atoms with Crippen LogP contribution in [0.15, 0.2) is 6.33 Å². The van der Waals surface area contributed by atoms with Crippen molar-refractivity contribution >= 4 is 17.3 Å². The quantitative estimate of drug-likeness (QED) is 0.688. The van der Waals surface area contributed by atoms with Crippen molar-refractivity contribution in [2.45, 2.75) is 33.2 Å². The number of nitrogen functional groups attached to an aromatic ring is 1. The van der Waals surface area contributed by atoms with Gasteiger partial charge < -0.3 is 16.4 Å². The third-order valence-electron chi connectivity index (χ3n) is 1.85. The highest BCUT2D eigenvalue weighted by Crippen LogP contribution is 2.22. The summed E-state index contributed by atoms with van der Waals surface area (Å²) in [5.41, 5.74) is 6.51. The Kier molecular flexibility index (Phi) is 4.15. The predicted molar refractivity (Wildman–Crippen MR) is 64.0 cm³/mol. The summed E-state index contributed by atoms with van der Waals surface area (Å²) < 4.78 is 0. The molecule has 1 heterocycles. The van der Waals surface area contributed by atoms with Gasteiger partial charge in [-0.3, -0.25) is 0 Å². The summed E-state index contributed by atoms with van der Waals surface area (Å²) in [6, 6.07) is 0.307. The number of nitrogens with zero attached hydrogens (tertiary/aromatic N) is 2. The van der Waals surface area contributed by atoms with Crippen LogP contribution < -0.4 is 16.4 Å². The normalized spacial score (nSPS) is 10.4. The molecule has 0 aromatic carbocycles. The average molecular weight is 209 g/mol. The van der Waals surface area contributed by atoms with Crippen molar-refractivity contribution in [3.05, 3.63) is 6.33 Å². The van der Waals surface area contributed by atoms with Crippen molar-refractivity contribution in [2.24, 2.45) is 0 Å². The van der Waals surface area contributed by atoms with Gasteiger partial charge in [-0.25, -0.2) is 9.97 Å². The monoisotopic (exact) mass is 209 g/mol. The molecule has 0 saturated carbocycles. The molecular formula is C10H19N5. The topological polar surface area (TPSA) is 75.9 Å². The van der Waals surface area contributed by atoms with Gasteiger partial charge in [-0.1, -0.05) is 6.92 Å². The SMILES string of the molecule is CCCNc1ncnc(NC(C)C)c1N. The fourth-order valence-corrected chi connectivity index (χ4v) is 1.17. The van der Waals surface area contributed by atoms with Gasteiger partial charge >= 0.3 is 0 Å². The zero-order valence-electron chi connectivity index (χ0n) is 9.54. The number of nitrogens with two attached hydrogens (primary N) is 1. The van der Waals surface area contributed by atoms with E-state index in [2.05, 4.69) is 27.5 Å². The molecule has 0 spiro atoms. The van der Waals surface area contributed by atoms with Gasteiger partial charge in [0.2, 0.25) is 0 Å². The molecule has 0 atom stereocenters. The Labute approximate surface area is 90.5 Å². The second-order valence-corrected chi connectivity index (χ2v) is 3.71. The highest BCUT2D eigenvalue weighted by Gasteiger charge is 2.07. The molecule has 5 heteroatoms. The Hall–Kier alpha value is -1.52. The van der Waals surface area contributed by atoms with Gasteiger partial charge in [-0.15, -0.1) is 0 Å². The summed E-state index contributed by atoms with van der Waals surface area (Å²) in [5.74, 6) is 1.40. The number of hydrogen-bond acceptors (Lipinski definition) is 5. The van der Waals surface area contributed by atoms with Gasteiger partial charge in [0.1, 0.15) is 12.0 Å². The first-order valence-electron chi connectivity index (χ1n) is 5.26. The van der Waals surface area contributed by atoms with Crippen molar-refractivity contribution in [3.63, 3.8) is 0 Å². The van der Waals surface area contributed by atoms with Crippen LogP contribution in [-0.2, 0) is 0 Å². The van der Waals surface area contributed by atoms with Crippen LogP contribution in [0.3, 0.4) is 0 Å². The largest absolute Gasteiger partial charge is 0.393 e. The Bertz CT molecular complexity index is 311. The van der Waals surface area contributed by atoms with Gasteiger partial charge in [0.05, 0.1) is 0 Å². The molecule has 1 aromatic heterocycles. The van der Waals surface area contributed by atoms with Gasteiger partial charge in [-0.2, -0.15) is 0 Å². The van der Waals surface area contributed by atoms with Crippen molar-refractivity contribution < 1.29 is 0 Å². The molecule has 0 unspecified atom stereocenters. The van der Waals surface area contributed by atoms with Crippen molar-refractivity contribution in [1.29, 1.82) is 0 Å². The van der Waals surface area contributed by atoms with E-state index < -0.39 is 0 Å². The first-order chi connectivity index (χ1) is 7.15. The lowest BCUT2D eigenvalue weighted by Gasteiger charge is -2.13. The van der Waals surface area contributed by atoms with Crippen LogP contribution in [0.5, 0.6) is 0 Å². The molecule has 0 fully saturated rings. The molecular weight excluding hydrogens is 190 g/mol. The molecule has 0 radical (unpaired) electrons. The van der Waals surface area contributed by atoms with E-state index in [1.165, 1.54) is 6.33 Å². The smallest absolute Gasteiger partial charge is 0.155 e. The number of rotatable bonds is 5. The maximum atomic E-state index is 5.92. The number of anilines is 3. The predicted octanol–water partition coefficient (Wildman–Crippen LogP) is 1.70. The molecule has 1 aromatic rings. The van der Waals surface area contributed by atoms with E-state index >= 15 is 0 Å². The lowest BCUT2D eigenvalue weighted by Crippen LogP contribution is -2.15. The lowest BCUT2D eigenvalue weighted by molar-refractivity contribution is 0.886. The van der Waals surface area contributed by atoms with Crippen molar-refractivity contribution in [1.82, 2.24) is 9.97 Å². The Morgan fingerprint density at radius 2 is 2.00 bits per heavy atom. The van der Waals surface area contributed by atoms with Gasteiger partial charge in [0, 0.05) is 12.6 Å². The number of hydrogen-bond donors (Lipinski definition) is 3. The molecule has 15 heavy (non-hydrogen) atoms. The maximum Gasteiger partial charge on any atom is 0.155 e. The summed E-state index contributed by atoms with van der Waals surface area (Å²) in [6.45, 7) is 7.04. The van der Waals surface area contributed by atoms with Crippen LogP contribution in [0.1, 0.15) is 27.2 Å². The minimum Gasteiger partial charge on any atom is -0.393 e. The summed E-state index contributed by atoms with van der Waals surface area (Å²) >= 11 is 0. The average Bonchev–Trinajstić information content (AvgIpc) is 2.19. The molecule has 0 saturated heterocycles. The molecule has 0 aliphatic carbocycles. The molecule has 5 nitrogen and oxygen atoms in total. The minimum atomic E-state index is 0.307. The van der Waals surface area contributed by atoms with Crippen LogP contribution in [0, 0.1) is 0 Å². The van der Waals surface area contributed by atoms with E-state index in [1.807, 2.05) is 13.8 Å². The first kappa shape index (κ1) is 11.6. The van der Waals surface area contributed by atoms with Crippen LogP contribution in [0.4, 0.5) is 17.3 Å². The zero-order chi connectivity index (χ0) is 11.3. The molecule has 4 N–H and O–H groups in total. The van der Waals surface area contributed by atoms with E-state index in [1.54, 1.807) is 0 Å². The fraction of sp³-hybridized carbons (Fsp3) is 0.600. The summed E-state index contributed by atoms with van der Waals surface area (Å²) in [4.78, 5) is 8.20. The minimum absolute atomic E-state index is 0.307. The summed E-state index contributed by atoms with van der Waals surface area (Å²) in [5, 5.41) is 6.33. The summed E-state index contributed by atoms with van der Waals surface area (Å²) in [7, 11) is 0. The van der Waals surface area contributed by atoms with E-state index in [0.717, 1.165) is 13.0 Å². The first-order valence-corrected chi connectivity index (χ1v) is 5.26. The van der Waals surface area contributed by atoms with Crippen LogP contribution in [0.2, 0.25) is 0 Å². The van der Waals surface area contributed by atoms with Gasteiger partial charge in [-0.05, 0) is 20.3 Å². The third-order valence-corrected chi connectivity index (χ3v) is 1.85. The highest BCUT2D eigenvalue weighted by molar-refractivity contribution is 5.74. The highest BCUT2D eigenvalue weighted by atomic mass is 15.1. The van der Waals surface area contributed by atoms with Crippen LogP contribution in [0.25, 0.3) is 0 Å². The molecule has 1 rings (SSSR count). The number of aromatic nitrogens is 2. The van der Waals surface area contributed by atoms with Gasteiger partial charge in [0.25, 0.3) is 0 Å².